The number of benzene rings is 2. The van der Waals surface area contributed by atoms with Gasteiger partial charge in [0.2, 0.25) is 0 Å². The third-order valence-corrected chi connectivity index (χ3v) is 9.16. The van der Waals surface area contributed by atoms with Crippen molar-refractivity contribution < 1.29 is 9.47 Å². The molecule has 0 spiro atoms. The molecule has 2 saturated carbocycles. The van der Waals surface area contributed by atoms with Gasteiger partial charge in [0.05, 0.1) is 21.2 Å². The Morgan fingerprint density at radius 2 is 0.921 bits per heavy atom. The summed E-state index contributed by atoms with van der Waals surface area (Å²) < 4.78 is 12.1. The molecule has 204 valence electrons. The molecule has 0 saturated heterocycles. The molecule has 4 rings (SSSR count). The minimum absolute atomic E-state index is 0.0269. The fourth-order valence-corrected chi connectivity index (χ4v) is 6.92. The Morgan fingerprint density at radius 3 is 1.16 bits per heavy atom. The molecule has 0 radical (unpaired) electrons. The number of nitrogens with two attached hydrogens (primary N) is 2. The first-order chi connectivity index (χ1) is 17.4. The molecule has 2 aliphatic carbocycles. The van der Waals surface area contributed by atoms with Crippen LogP contribution in [0.4, 0.5) is 0 Å². The summed E-state index contributed by atoms with van der Waals surface area (Å²) >= 11 is 12.0. The van der Waals surface area contributed by atoms with Crippen molar-refractivity contribution in [2.24, 2.45) is 33.1 Å². The van der Waals surface area contributed by atoms with E-state index in [9.17, 15) is 0 Å². The molecule has 0 atom stereocenters. The highest BCUT2D eigenvalue weighted by Gasteiger charge is 2.62. The van der Waals surface area contributed by atoms with Crippen LogP contribution in [0, 0.1) is 44.3 Å². The number of hydrogen-bond donors (Lipinski definition) is 2. The normalized spacial score (nSPS) is 27.2. The summed E-state index contributed by atoms with van der Waals surface area (Å²) in [5, 5.41) is 18.5. The van der Waals surface area contributed by atoms with Gasteiger partial charge >= 0.3 is 0 Å². The monoisotopic (exact) mass is 556 g/mol. The van der Waals surface area contributed by atoms with Crippen LogP contribution in [0.3, 0.4) is 0 Å². The van der Waals surface area contributed by atoms with Crippen molar-refractivity contribution in [1.29, 1.82) is 10.5 Å². The number of rotatable bonds is 4. The van der Waals surface area contributed by atoms with Gasteiger partial charge in [-0.3, -0.25) is 0 Å². The van der Waals surface area contributed by atoms with Gasteiger partial charge in [0.15, 0.2) is 0 Å². The smallest absolute Gasteiger partial charge is 0.121 e. The average molecular weight is 558 g/mol. The summed E-state index contributed by atoms with van der Waals surface area (Å²) in [6.45, 7) is 16.9. The topological polar surface area (TPSA) is 118 Å². The molecule has 0 bridgehead atoms. The van der Waals surface area contributed by atoms with E-state index in [1.807, 2.05) is 12.1 Å². The molecule has 2 aromatic carbocycles. The first-order valence-corrected chi connectivity index (χ1v) is 13.4. The highest BCUT2D eigenvalue weighted by Crippen LogP contribution is 2.55. The lowest BCUT2D eigenvalue weighted by Crippen LogP contribution is -2.72. The average Bonchev–Trinajstić information content (AvgIpc) is 2.85. The van der Waals surface area contributed by atoms with Crippen molar-refractivity contribution in [3.8, 4) is 23.6 Å². The van der Waals surface area contributed by atoms with E-state index in [1.165, 1.54) is 0 Å². The van der Waals surface area contributed by atoms with Gasteiger partial charge in [0.25, 0.3) is 0 Å². The quantitative estimate of drug-likeness (QED) is 0.432. The maximum atomic E-state index is 8.86. The second-order valence-corrected chi connectivity index (χ2v) is 13.6. The minimum Gasteiger partial charge on any atom is -0.489 e. The molecule has 0 heterocycles. The predicted molar refractivity (Wildman–Crippen MR) is 152 cm³/mol. The fraction of sp³-hybridized carbons (Fsp3) is 0.533. The lowest BCUT2D eigenvalue weighted by molar-refractivity contribution is -0.155. The van der Waals surface area contributed by atoms with Gasteiger partial charge in [-0.15, -0.1) is 0 Å². The second kappa shape index (κ2) is 10.2. The first kappa shape index (κ1) is 30.1. The Labute approximate surface area is 236 Å². The van der Waals surface area contributed by atoms with Crippen LogP contribution in [0.15, 0.2) is 36.4 Å². The van der Waals surface area contributed by atoms with Crippen LogP contribution < -0.4 is 20.9 Å². The van der Waals surface area contributed by atoms with E-state index in [4.69, 9.17) is 54.7 Å². The third kappa shape index (κ3) is 5.08. The molecule has 2 aromatic rings. The SMILES string of the molecule is CC1(C)C(N)C(C)(C)C1Oc1ccc(C#N)c(Cl)c1.CC1(C)C(N)C(C)(C)C1Oc1ccc(C#N)c(Cl)c1. The van der Waals surface area contributed by atoms with E-state index < -0.39 is 0 Å². The molecular weight excluding hydrogens is 519 g/mol. The van der Waals surface area contributed by atoms with Crippen LogP contribution in [0.2, 0.25) is 10.0 Å². The zero-order valence-electron chi connectivity index (χ0n) is 23.4. The molecule has 0 aromatic heterocycles. The Balaban J connectivity index is 0.000000211. The zero-order chi connectivity index (χ0) is 28.8. The first-order valence-electron chi connectivity index (χ1n) is 12.7. The van der Waals surface area contributed by atoms with Crippen molar-refractivity contribution in [3.05, 3.63) is 57.6 Å². The van der Waals surface area contributed by atoms with Crippen molar-refractivity contribution in [1.82, 2.24) is 0 Å². The summed E-state index contributed by atoms with van der Waals surface area (Å²) in [5.41, 5.74) is 13.0. The Bertz CT molecular complexity index is 1160. The highest BCUT2D eigenvalue weighted by molar-refractivity contribution is 6.32. The second-order valence-electron chi connectivity index (χ2n) is 12.7. The number of nitrogens with zero attached hydrogens (tertiary/aromatic N) is 2. The number of ether oxygens (including phenoxy) is 2. The van der Waals surface area contributed by atoms with E-state index in [-0.39, 0.29) is 46.0 Å². The molecule has 0 aliphatic heterocycles. The van der Waals surface area contributed by atoms with Crippen molar-refractivity contribution >= 4 is 23.2 Å². The number of hydrogen-bond acceptors (Lipinski definition) is 6. The van der Waals surface area contributed by atoms with Crippen LogP contribution >= 0.6 is 23.2 Å². The molecule has 8 heteroatoms. The summed E-state index contributed by atoms with van der Waals surface area (Å²) in [6, 6.07) is 14.6. The van der Waals surface area contributed by atoms with Gasteiger partial charge in [-0.25, -0.2) is 0 Å². The number of nitriles is 2. The molecule has 0 amide bonds. The molecule has 2 fully saturated rings. The van der Waals surface area contributed by atoms with Gasteiger partial charge in [-0.1, -0.05) is 78.6 Å². The molecule has 0 unspecified atom stereocenters. The van der Waals surface area contributed by atoms with Crippen LogP contribution in [-0.2, 0) is 0 Å². The van der Waals surface area contributed by atoms with E-state index in [0.29, 0.717) is 32.7 Å². The molecular formula is C30H38Cl2N4O2. The third-order valence-electron chi connectivity index (χ3n) is 8.54. The van der Waals surface area contributed by atoms with Gasteiger partial charge in [-0.05, 0) is 24.3 Å². The largest absolute Gasteiger partial charge is 0.489 e. The lowest BCUT2D eigenvalue weighted by Gasteiger charge is -2.61. The Kier molecular flexibility index (Phi) is 8.11. The maximum Gasteiger partial charge on any atom is 0.121 e. The van der Waals surface area contributed by atoms with E-state index in [1.54, 1.807) is 36.4 Å². The van der Waals surface area contributed by atoms with Gasteiger partial charge in [0.1, 0.15) is 35.8 Å². The predicted octanol–water partition coefficient (Wildman–Crippen LogP) is 6.70. The summed E-state index contributed by atoms with van der Waals surface area (Å²) in [7, 11) is 0. The molecule has 4 N–H and O–H groups in total. The van der Waals surface area contributed by atoms with Gasteiger partial charge in [-0.2, -0.15) is 10.5 Å². The number of halogens is 2. The standard InChI is InChI=1S/2C15H19ClN2O/c2*1-14(2)12(18)15(3,4)13(14)19-10-6-5-9(8-17)11(16)7-10/h2*5-7,12-13H,18H2,1-4H3. The lowest BCUT2D eigenvalue weighted by atomic mass is 9.50. The van der Waals surface area contributed by atoms with Crippen LogP contribution in [-0.4, -0.2) is 24.3 Å². The summed E-state index contributed by atoms with van der Waals surface area (Å²) in [5.74, 6) is 1.36. The molecule has 6 nitrogen and oxygen atoms in total. The van der Waals surface area contributed by atoms with Gasteiger partial charge in [0, 0.05) is 45.9 Å². The van der Waals surface area contributed by atoms with E-state index >= 15 is 0 Å². The highest BCUT2D eigenvalue weighted by atomic mass is 35.5. The van der Waals surface area contributed by atoms with Crippen LogP contribution in [0.1, 0.15) is 66.5 Å². The molecule has 2 aliphatic rings. The fourth-order valence-electron chi connectivity index (χ4n) is 6.49. The minimum atomic E-state index is -0.0795. The Hall–Kier alpha value is -2.48. The van der Waals surface area contributed by atoms with Crippen LogP contribution in [0.5, 0.6) is 11.5 Å². The van der Waals surface area contributed by atoms with Gasteiger partial charge < -0.3 is 20.9 Å². The summed E-state index contributed by atoms with van der Waals surface area (Å²) in [6.07, 6.45) is 0.0537. The van der Waals surface area contributed by atoms with Crippen molar-refractivity contribution in [3.63, 3.8) is 0 Å². The molecule has 38 heavy (non-hydrogen) atoms. The zero-order valence-corrected chi connectivity index (χ0v) is 24.9. The maximum absolute atomic E-state index is 8.86. The van der Waals surface area contributed by atoms with Crippen molar-refractivity contribution in [2.75, 3.05) is 0 Å². The summed E-state index contributed by atoms with van der Waals surface area (Å²) in [4.78, 5) is 0. The Morgan fingerprint density at radius 1 is 0.632 bits per heavy atom. The van der Waals surface area contributed by atoms with E-state index in [0.717, 1.165) is 0 Å². The van der Waals surface area contributed by atoms with E-state index in [2.05, 4.69) is 55.4 Å². The van der Waals surface area contributed by atoms with Crippen LogP contribution in [0.25, 0.3) is 0 Å². The van der Waals surface area contributed by atoms with Crippen molar-refractivity contribution in [2.45, 2.75) is 79.7 Å².